The summed E-state index contributed by atoms with van der Waals surface area (Å²) in [5.41, 5.74) is 9.06. The Hall–Kier alpha value is -5.02. The molecule has 0 aliphatic carbocycles. The van der Waals surface area contributed by atoms with Crippen LogP contribution in [0.1, 0.15) is 22.6 Å². The maximum Gasteiger partial charge on any atom is 0.336 e. The van der Waals surface area contributed by atoms with Crippen molar-refractivity contribution in [3.05, 3.63) is 119 Å². The maximum absolute atomic E-state index is 12.4. The largest absolute Gasteiger partial charge is 0.497 e. The summed E-state index contributed by atoms with van der Waals surface area (Å²) in [6, 6.07) is 28.6. The molecule has 6 heteroatoms. The highest BCUT2D eigenvalue weighted by Gasteiger charge is 2.32. The highest BCUT2D eigenvalue weighted by molar-refractivity contribution is 5.89. The molecule has 4 aromatic rings. The minimum absolute atomic E-state index is 0.0332. The van der Waals surface area contributed by atoms with Crippen LogP contribution in [-0.4, -0.2) is 13.1 Å². The molecule has 6 nitrogen and oxygen atoms in total. The van der Waals surface area contributed by atoms with Crippen molar-refractivity contribution in [2.75, 3.05) is 7.11 Å². The van der Waals surface area contributed by atoms with Crippen LogP contribution in [-0.2, 0) is 4.79 Å². The zero-order valence-corrected chi connectivity index (χ0v) is 19.5. The van der Waals surface area contributed by atoms with E-state index in [0.29, 0.717) is 17.1 Å². The van der Waals surface area contributed by atoms with E-state index in [1.165, 1.54) is 6.08 Å². The maximum atomic E-state index is 12.4. The number of rotatable bonds is 5. The predicted molar refractivity (Wildman–Crippen MR) is 137 cm³/mol. The number of hydrogen-bond acceptors (Lipinski definition) is 6. The first kappa shape index (κ1) is 22.8. The van der Waals surface area contributed by atoms with Crippen molar-refractivity contribution in [2.45, 2.75) is 5.92 Å². The standard InChI is InChI=1S/C30H22N2O4/c1-34-21-12-9-19(10-13-21)11-16-28(33)35-22-14-15-25-27(17-22)36-30(32)26(18-31)29(25)24-8-4-6-20-5-2-3-7-23(20)24/h2-17,29H,32H2,1H3/b16-11+. The van der Waals surface area contributed by atoms with Gasteiger partial charge in [0.1, 0.15) is 28.9 Å². The molecule has 176 valence electrons. The Bertz CT molecular complexity index is 1560. The predicted octanol–water partition coefficient (Wildman–Crippen LogP) is 5.69. The van der Waals surface area contributed by atoms with Crippen LogP contribution in [0.5, 0.6) is 17.2 Å². The second kappa shape index (κ2) is 9.69. The quantitative estimate of drug-likeness (QED) is 0.227. The molecule has 0 radical (unpaired) electrons. The third kappa shape index (κ3) is 4.38. The molecule has 0 bridgehead atoms. The monoisotopic (exact) mass is 474 g/mol. The molecule has 0 amide bonds. The van der Waals surface area contributed by atoms with Gasteiger partial charge in [-0.15, -0.1) is 0 Å². The molecule has 1 unspecified atom stereocenters. The van der Waals surface area contributed by atoms with Crippen LogP contribution >= 0.6 is 0 Å². The molecule has 0 fully saturated rings. The van der Waals surface area contributed by atoms with Crippen LogP contribution in [0.4, 0.5) is 0 Å². The molecule has 36 heavy (non-hydrogen) atoms. The van der Waals surface area contributed by atoms with Gasteiger partial charge in [-0.25, -0.2) is 4.79 Å². The van der Waals surface area contributed by atoms with Crippen molar-refractivity contribution in [3.8, 4) is 23.3 Å². The molecule has 0 saturated carbocycles. The van der Waals surface area contributed by atoms with E-state index in [4.69, 9.17) is 19.9 Å². The number of hydrogen-bond donors (Lipinski definition) is 1. The van der Waals surface area contributed by atoms with Gasteiger partial charge in [0.25, 0.3) is 0 Å². The Morgan fingerprint density at radius 2 is 1.72 bits per heavy atom. The number of carbonyl (C=O) groups excluding carboxylic acids is 1. The smallest absolute Gasteiger partial charge is 0.336 e. The average molecular weight is 475 g/mol. The van der Waals surface area contributed by atoms with Crippen LogP contribution in [0.2, 0.25) is 0 Å². The minimum Gasteiger partial charge on any atom is -0.497 e. The SMILES string of the molecule is COc1ccc(/C=C/C(=O)Oc2ccc3c(c2)OC(N)=C(C#N)C3c2cccc3ccccc23)cc1. The molecule has 1 aliphatic heterocycles. The van der Waals surface area contributed by atoms with Crippen molar-refractivity contribution >= 4 is 22.8 Å². The number of carbonyl (C=O) groups is 1. The molecule has 2 N–H and O–H groups in total. The second-order valence-electron chi connectivity index (χ2n) is 8.22. The van der Waals surface area contributed by atoms with Gasteiger partial charge in [-0.05, 0) is 46.2 Å². The Balaban J connectivity index is 1.44. The normalized spacial score (nSPS) is 14.7. The van der Waals surface area contributed by atoms with Crippen LogP contribution in [0, 0.1) is 11.3 Å². The molecule has 0 aromatic heterocycles. The summed E-state index contributed by atoms with van der Waals surface area (Å²) in [4.78, 5) is 12.4. The van der Waals surface area contributed by atoms with Crippen molar-refractivity contribution < 1.29 is 19.0 Å². The lowest BCUT2D eigenvalue weighted by Crippen LogP contribution is -2.21. The molecule has 1 atom stereocenters. The van der Waals surface area contributed by atoms with Gasteiger partial charge in [-0.1, -0.05) is 60.7 Å². The highest BCUT2D eigenvalue weighted by Crippen LogP contribution is 2.45. The first-order chi connectivity index (χ1) is 17.6. The van der Waals surface area contributed by atoms with Gasteiger partial charge in [0.05, 0.1) is 13.0 Å². The number of benzene rings is 4. The Kier molecular flexibility index (Phi) is 6.12. The van der Waals surface area contributed by atoms with Gasteiger partial charge in [0.15, 0.2) is 0 Å². The van der Waals surface area contributed by atoms with Crippen LogP contribution < -0.4 is 19.9 Å². The number of nitrogens with zero attached hydrogens (tertiary/aromatic N) is 1. The number of ether oxygens (including phenoxy) is 3. The molecular formula is C30H22N2O4. The lowest BCUT2D eigenvalue weighted by Gasteiger charge is -2.27. The molecule has 0 saturated heterocycles. The van der Waals surface area contributed by atoms with Gasteiger partial charge in [-0.2, -0.15) is 5.26 Å². The minimum atomic E-state index is -0.534. The van der Waals surface area contributed by atoms with Gasteiger partial charge >= 0.3 is 5.97 Å². The van der Waals surface area contributed by atoms with E-state index >= 15 is 0 Å². The summed E-state index contributed by atoms with van der Waals surface area (Å²) >= 11 is 0. The third-order valence-electron chi connectivity index (χ3n) is 6.07. The second-order valence-corrected chi connectivity index (χ2v) is 8.22. The molecule has 5 rings (SSSR count). The summed E-state index contributed by atoms with van der Waals surface area (Å²) in [7, 11) is 1.60. The summed E-state index contributed by atoms with van der Waals surface area (Å²) in [6.45, 7) is 0. The van der Waals surface area contributed by atoms with E-state index < -0.39 is 11.9 Å². The first-order valence-electron chi connectivity index (χ1n) is 11.3. The summed E-state index contributed by atoms with van der Waals surface area (Å²) in [6.07, 6.45) is 3.01. The zero-order chi connectivity index (χ0) is 25.1. The number of fused-ring (bicyclic) bond motifs is 2. The Morgan fingerprint density at radius 3 is 2.50 bits per heavy atom. The first-order valence-corrected chi connectivity index (χ1v) is 11.3. The van der Waals surface area contributed by atoms with Crippen LogP contribution in [0.15, 0.2) is 102 Å². The molecule has 4 aromatic carbocycles. The van der Waals surface area contributed by atoms with Crippen molar-refractivity contribution in [1.82, 2.24) is 0 Å². The third-order valence-corrected chi connectivity index (χ3v) is 6.07. The molecule has 1 aliphatic rings. The van der Waals surface area contributed by atoms with Crippen LogP contribution in [0.25, 0.3) is 16.8 Å². The fraction of sp³-hybridized carbons (Fsp3) is 0.0667. The summed E-state index contributed by atoms with van der Waals surface area (Å²) < 4.78 is 16.4. The van der Waals surface area contributed by atoms with Gasteiger partial charge in [-0.3, -0.25) is 0 Å². The molecular weight excluding hydrogens is 452 g/mol. The van der Waals surface area contributed by atoms with E-state index in [2.05, 4.69) is 6.07 Å². The van der Waals surface area contributed by atoms with Gasteiger partial charge in [0, 0.05) is 17.7 Å². The van der Waals surface area contributed by atoms with Crippen molar-refractivity contribution in [1.29, 1.82) is 5.26 Å². The van der Waals surface area contributed by atoms with Crippen LogP contribution in [0.3, 0.4) is 0 Å². The number of nitriles is 1. The highest BCUT2D eigenvalue weighted by atomic mass is 16.5. The zero-order valence-electron chi connectivity index (χ0n) is 19.5. The van der Waals surface area contributed by atoms with E-state index in [9.17, 15) is 10.1 Å². The molecule has 1 heterocycles. The molecule has 0 spiro atoms. The number of methoxy groups -OCH3 is 1. The van der Waals surface area contributed by atoms with Crippen molar-refractivity contribution in [2.24, 2.45) is 5.73 Å². The number of esters is 1. The average Bonchev–Trinajstić information content (AvgIpc) is 2.91. The summed E-state index contributed by atoms with van der Waals surface area (Å²) in [5, 5.41) is 12.0. The van der Waals surface area contributed by atoms with E-state index in [-0.39, 0.29) is 5.88 Å². The lowest BCUT2D eigenvalue weighted by molar-refractivity contribution is -0.128. The topological polar surface area (TPSA) is 94.6 Å². The number of nitrogens with two attached hydrogens (primary N) is 1. The van der Waals surface area contributed by atoms with Crippen molar-refractivity contribution in [3.63, 3.8) is 0 Å². The lowest BCUT2D eigenvalue weighted by atomic mass is 9.81. The number of allylic oxidation sites excluding steroid dienone is 1. The van der Waals surface area contributed by atoms with E-state index in [1.807, 2.05) is 66.7 Å². The Labute approximate surface area is 208 Å². The summed E-state index contributed by atoms with van der Waals surface area (Å²) in [5.74, 6) is 0.569. The van der Waals surface area contributed by atoms with Gasteiger partial charge < -0.3 is 19.9 Å². The fourth-order valence-electron chi connectivity index (χ4n) is 4.35. The van der Waals surface area contributed by atoms with Gasteiger partial charge in [0.2, 0.25) is 5.88 Å². The van der Waals surface area contributed by atoms with E-state index in [1.54, 1.807) is 31.4 Å². The Morgan fingerprint density at radius 1 is 0.972 bits per heavy atom. The fourth-order valence-corrected chi connectivity index (χ4v) is 4.35. The van der Waals surface area contributed by atoms with E-state index in [0.717, 1.165) is 33.2 Å².